The molecular weight excluding hydrogens is 284 g/mol. The molecule has 0 unspecified atom stereocenters. The highest BCUT2D eigenvalue weighted by molar-refractivity contribution is 9.10. The normalized spacial score (nSPS) is 9.75. The highest BCUT2D eigenvalue weighted by Gasteiger charge is 2.01. The summed E-state index contributed by atoms with van der Waals surface area (Å²) < 4.78 is 0.986. The van der Waals surface area contributed by atoms with Crippen molar-refractivity contribution in [2.75, 3.05) is 5.32 Å². The summed E-state index contributed by atoms with van der Waals surface area (Å²) in [5.74, 6) is 2.66. The van der Waals surface area contributed by atoms with Crippen molar-refractivity contribution < 1.29 is 0 Å². The Kier molecular flexibility index (Phi) is 3.60. The van der Waals surface area contributed by atoms with Crippen LogP contribution in [0.15, 0.2) is 34.2 Å². The summed E-state index contributed by atoms with van der Waals surface area (Å²) in [5.41, 5.74) is 1.81. The molecule has 0 radical (unpaired) electrons. The van der Waals surface area contributed by atoms with Crippen molar-refractivity contribution in [3.05, 3.63) is 44.8 Å². The first-order chi connectivity index (χ1) is 7.79. The lowest BCUT2D eigenvalue weighted by Gasteiger charge is -2.07. The van der Waals surface area contributed by atoms with Gasteiger partial charge in [0.2, 0.25) is 0 Å². The average molecular weight is 293 g/mol. The molecule has 1 aromatic heterocycles. The average Bonchev–Trinajstić information content (AvgIpc) is 2.80. The Morgan fingerprint density at radius 3 is 3.06 bits per heavy atom. The van der Waals surface area contributed by atoms with Gasteiger partial charge in [-0.1, -0.05) is 21.9 Å². The van der Waals surface area contributed by atoms with Crippen molar-refractivity contribution in [1.29, 1.82) is 0 Å². The van der Waals surface area contributed by atoms with E-state index < -0.39 is 0 Å². The Balaban J connectivity index is 2.13. The van der Waals surface area contributed by atoms with Crippen molar-refractivity contribution in [2.24, 2.45) is 0 Å². The second kappa shape index (κ2) is 5.15. The molecule has 1 aromatic carbocycles. The third-order valence-electron chi connectivity index (χ3n) is 2.05. The molecule has 0 aliphatic carbocycles. The Hall–Kier alpha value is -1.31. The quantitative estimate of drug-likeness (QED) is 0.876. The number of hydrogen-bond donors (Lipinski definition) is 1. The van der Waals surface area contributed by atoms with Gasteiger partial charge in [-0.2, -0.15) is 0 Å². The van der Waals surface area contributed by atoms with Crippen LogP contribution < -0.4 is 5.32 Å². The molecule has 0 fully saturated rings. The molecule has 0 aliphatic rings. The lowest BCUT2D eigenvalue weighted by molar-refractivity contribution is 1.10. The number of benzene rings is 1. The second-order valence-electron chi connectivity index (χ2n) is 3.11. The van der Waals surface area contributed by atoms with Gasteiger partial charge in [0.05, 0.1) is 12.2 Å². The molecule has 0 aliphatic heterocycles. The van der Waals surface area contributed by atoms with Crippen molar-refractivity contribution in [3.63, 3.8) is 0 Å². The molecule has 0 amide bonds. The maximum Gasteiger partial charge on any atom is 0.112 e. The molecule has 80 valence electrons. The van der Waals surface area contributed by atoms with Gasteiger partial charge in [-0.15, -0.1) is 17.8 Å². The molecule has 0 atom stereocenters. The predicted octanol–water partition coefficient (Wildman–Crippen LogP) is 3.50. The van der Waals surface area contributed by atoms with Gasteiger partial charge in [0, 0.05) is 21.6 Å². The SMILES string of the molecule is C#Cc1cc(Br)ccc1NCc1nccs1. The van der Waals surface area contributed by atoms with Gasteiger partial charge in [0.25, 0.3) is 0 Å². The van der Waals surface area contributed by atoms with E-state index in [1.807, 2.05) is 23.6 Å². The Morgan fingerprint density at radius 2 is 2.38 bits per heavy atom. The molecule has 2 rings (SSSR count). The van der Waals surface area contributed by atoms with E-state index in [0.717, 1.165) is 20.7 Å². The van der Waals surface area contributed by atoms with Crippen LogP contribution in [0.5, 0.6) is 0 Å². The molecule has 2 aromatic rings. The van der Waals surface area contributed by atoms with Gasteiger partial charge in [-0.05, 0) is 18.2 Å². The first kappa shape index (κ1) is 11.2. The summed E-state index contributed by atoms with van der Waals surface area (Å²) in [4.78, 5) is 4.20. The van der Waals surface area contributed by atoms with Gasteiger partial charge in [-0.25, -0.2) is 4.98 Å². The maximum absolute atomic E-state index is 5.44. The third kappa shape index (κ3) is 2.63. The highest BCUT2D eigenvalue weighted by Crippen LogP contribution is 2.21. The smallest absolute Gasteiger partial charge is 0.112 e. The zero-order valence-electron chi connectivity index (χ0n) is 8.40. The van der Waals surface area contributed by atoms with E-state index in [1.165, 1.54) is 0 Å². The van der Waals surface area contributed by atoms with E-state index in [-0.39, 0.29) is 0 Å². The van der Waals surface area contributed by atoms with Crippen LogP contribution in [0.25, 0.3) is 0 Å². The summed E-state index contributed by atoms with van der Waals surface area (Å²) in [5, 5.41) is 6.28. The summed E-state index contributed by atoms with van der Waals surface area (Å²) in [6.07, 6.45) is 7.24. The van der Waals surface area contributed by atoms with Gasteiger partial charge < -0.3 is 5.32 Å². The largest absolute Gasteiger partial charge is 0.378 e. The standard InChI is InChI=1S/C12H9BrN2S/c1-2-9-7-10(13)3-4-11(9)15-8-12-14-5-6-16-12/h1,3-7,15H,8H2. The number of terminal acetylenes is 1. The Bertz CT molecular complexity index is 514. The van der Waals surface area contributed by atoms with Crippen LogP contribution in [0.3, 0.4) is 0 Å². The van der Waals surface area contributed by atoms with Gasteiger partial charge in [-0.3, -0.25) is 0 Å². The van der Waals surface area contributed by atoms with E-state index >= 15 is 0 Å². The monoisotopic (exact) mass is 292 g/mol. The van der Waals surface area contributed by atoms with Crippen LogP contribution in [0.4, 0.5) is 5.69 Å². The van der Waals surface area contributed by atoms with E-state index in [2.05, 4.69) is 32.2 Å². The molecular formula is C12H9BrN2S. The lowest BCUT2D eigenvalue weighted by Crippen LogP contribution is -2.00. The Morgan fingerprint density at radius 1 is 1.50 bits per heavy atom. The number of thiazole rings is 1. The molecule has 4 heteroatoms. The van der Waals surface area contributed by atoms with E-state index in [9.17, 15) is 0 Å². The van der Waals surface area contributed by atoms with E-state index in [1.54, 1.807) is 17.5 Å². The number of hydrogen-bond acceptors (Lipinski definition) is 3. The lowest BCUT2D eigenvalue weighted by atomic mass is 10.2. The predicted molar refractivity (Wildman–Crippen MR) is 71.5 cm³/mol. The minimum absolute atomic E-state index is 0.702. The first-order valence-corrected chi connectivity index (χ1v) is 6.35. The second-order valence-corrected chi connectivity index (χ2v) is 5.01. The fourth-order valence-electron chi connectivity index (χ4n) is 1.30. The molecule has 0 bridgehead atoms. The molecule has 0 saturated carbocycles. The number of nitrogens with one attached hydrogen (secondary N) is 1. The maximum atomic E-state index is 5.44. The van der Waals surface area contributed by atoms with Crippen molar-refractivity contribution in [1.82, 2.24) is 4.98 Å². The number of halogens is 1. The van der Waals surface area contributed by atoms with Crippen molar-refractivity contribution in [2.45, 2.75) is 6.54 Å². The molecule has 2 nitrogen and oxygen atoms in total. The minimum atomic E-state index is 0.702. The van der Waals surface area contributed by atoms with Crippen LogP contribution in [0.1, 0.15) is 10.6 Å². The van der Waals surface area contributed by atoms with E-state index in [0.29, 0.717) is 6.54 Å². The molecule has 1 heterocycles. The number of nitrogens with zero attached hydrogens (tertiary/aromatic N) is 1. The number of anilines is 1. The number of rotatable bonds is 3. The Labute approximate surface area is 107 Å². The molecule has 0 spiro atoms. The molecule has 0 saturated heterocycles. The van der Waals surface area contributed by atoms with E-state index in [4.69, 9.17) is 6.42 Å². The third-order valence-corrected chi connectivity index (χ3v) is 3.32. The van der Waals surface area contributed by atoms with Gasteiger partial charge in [0.1, 0.15) is 5.01 Å². The first-order valence-electron chi connectivity index (χ1n) is 4.68. The van der Waals surface area contributed by atoms with Gasteiger partial charge >= 0.3 is 0 Å². The van der Waals surface area contributed by atoms with Crippen LogP contribution in [-0.2, 0) is 6.54 Å². The van der Waals surface area contributed by atoms with Crippen LogP contribution >= 0.6 is 27.3 Å². The van der Waals surface area contributed by atoms with Crippen molar-refractivity contribution >= 4 is 33.0 Å². The fraction of sp³-hybridized carbons (Fsp3) is 0.0833. The molecule has 1 N–H and O–H groups in total. The minimum Gasteiger partial charge on any atom is -0.378 e. The highest BCUT2D eigenvalue weighted by atomic mass is 79.9. The summed E-state index contributed by atoms with van der Waals surface area (Å²) in [6.45, 7) is 0.702. The van der Waals surface area contributed by atoms with Crippen molar-refractivity contribution in [3.8, 4) is 12.3 Å². The zero-order chi connectivity index (χ0) is 11.4. The van der Waals surface area contributed by atoms with Gasteiger partial charge in [0.15, 0.2) is 0 Å². The summed E-state index contributed by atoms with van der Waals surface area (Å²) in [6, 6.07) is 5.85. The van der Waals surface area contributed by atoms with Crippen LogP contribution in [-0.4, -0.2) is 4.98 Å². The number of aromatic nitrogens is 1. The fourth-order valence-corrected chi connectivity index (χ4v) is 2.22. The van der Waals surface area contributed by atoms with Crippen LogP contribution in [0.2, 0.25) is 0 Å². The zero-order valence-corrected chi connectivity index (χ0v) is 10.8. The molecule has 16 heavy (non-hydrogen) atoms. The summed E-state index contributed by atoms with van der Waals surface area (Å²) >= 11 is 5.02. The summed E-state index contributed by atoms with van der Waals surface area (Å²) in [7, 11) is 0. The topological polar surface area (TPSA) is 24.9 Å². The van der Waals surface area contributed by atoms with Crippen LogP contribution in [0, 0.1) is 12.3 Å².